The third-order valence-corrected chi connectivity index (χ3v) is 3.46. The average Bonchev–Trinajstić information content (AvgIpc) is 3.00. The zero-order valence-electron chi connectivity index (χ0n) is 11.8. The molecule has 1 aromatic rings. The highest BCUT2D eigenvalue weighted by Crippen LogP contribution is 2.16. The SMILES string of the molecule is CNc1cnccc1C(=O)NCC(=O)N1CCC[C@H]1C#N. The molecule has 1 fully saturated rings. The Balaban J connectivity index is 1.95. The van der Waals surface area contributed by atoms with Gasteiger partial charge in [-0.25, -0.2) is 0 Å². The Morgan fingerprint density at radius 1 is 1.57 bits per heavy atom. The predicted octanol–water partition coefficient (Wildman–Crippen LogP) is 0.368. The summed E-state index contributed by atoms with van der Waals surface area (Å²) < 4.78 is 0. The highest BCUT2D eigenvalue weighted by molar-refractivity contribution is 6.00. The van der Waals surface area contributed by atoms with E-state index in [-0.39, 0.29) is 24.4 Å². The van der Waals surface area contributed by atoms with Crippen molar-refractivity contribution in [3.8, 4) is 6.07 Å². The van der Waals surface area contributed by atoms with Crippen LogP contribution in [0.15, 0.2) is 18.5 Å². The second-order valence-electron chi connectivity index (χ2n) is 4.73. The van der Waals surface area contributed by atoms with Gasteiger partial charge >= 0.3 is 0 Å². The molecular weight excluding hydrogens is 270 g/mol. The van der Waals surface area contributed by atoms with Gasteiger partial charge in [0.1, 0.15) is 6.04 Å². The van der Waals surface area contributed by atoms with Gasteiger partial charge in [-0.1, -0.05) is 0 Å². The molecule has 2 amide bonds. The lowest BCUT2D eigenvalue weighted by atomic mass is 10.2. The Kier molecular flexibility index (Phi) is 4.72. The first-order chi connectivity index (χ1) is 10.2. The number of carbonyl (C=O) groups is 2. The molecule has 1 atom stereocenters. The molecule has 2 heterocycles. The molecule has 0 aromatic carbocycles. The van der Waals surface area contributed by atoms with E-state index in [4.69, 9.17) is 5.26 Å². The minimum atomic E-state index is -0.372. The molecule has 1 saturated heterocycles. The van der Waals surface area contributed by atoms with Crippen molar-refractivity contribution in [1.82, 2.24) is 15.2 Å². The minimum Gasteiger partial charge on any atom is -0.386 e. The minimum absolute atomic E-state index is 0.109. The molecule has 1 aliphatic rings. The monoisotopic (exact) mass is 287 g/mol. The van der Waals surface area contributed by atoms with Gasteiger partial charge < -0.3 is 15.5 Å². The van der Waals surface area contributed by atoms with Gasteiger partial charge in [0.25, 0.3) is 5.91 Å². The van der Waals surface area contributed by atoms with Crippen LogP contribution >= 0.6 is 0 Å². The number of nitriles is 1. The zero-order valence-corrected chi connectivity index (χ0v) is 11.8. The maximum atomic E-state index is 12.1. The molecule has 2 rings (SSSR count). The van der Waals surface area contributed by atoms with E-state index >= 15 is 0 Å². The smallest absolute Gasteiger partial charge is 0.253 e. The van der Waals surface area contributed by atoms with Gasteiger partial charge in [0, 0.05) is 19.8 Å². The Hall–Kier alpha value is -2.62. The first-order valence-corrected chi connectivity index (χ1v) is 6.76. The Morgan fingerprint density at radius 3 is 3.10 bits per heavy atom. The number of anilines is 1. The number of hydrogen-bond donors (Lipinski definition) is 2. The van der Waals surface area contributed by atoms with E-state index in [0.29, 0.717) is 24.2 Å². The highest BCUT2D eigenvalue weighted by Gasteiger charge is 2.28. The third-order valence-electron chi connectivity index (χ3n) is 3.46. The number of amides is 2. The van der Waals surface area contributed by atoms with Gasteiger partial charge in [-0.2, -0.15) is 5.26 Å². The number of carbonyl (C=O) groups excluding carboxylic acids is 2. The first kappa shape index (κ1) is 14.8. The molecule has 2 N–H and O–H groups in total. The van der Waals surface area contributed by atoms with Crippen molar-refractivity contribution in [2.24, 2.45) is 0 Å². The summed E-state index contributed by atoms with van der Waals surface area (Å²) in [5, 5.41) is 14.4. The van der Waals surface area contributed by atoms with Crippen LogP contribution in [0.2, 0.25) is 0 Å². The van der Waals surface area contributed by atoms with Crippen molar-refractivity contribution in [3.05, 3.63) is 24.0 Å². The van der Waals surface area contributed by atoms with E-state index in [1.54, 1.807) is 19.3 Å². The average molecular weight is 287 g/mol. The molecule has 110 valence electrons. The molecule has 7 nitrogen and oxygen atoms in total. The van der Waals surface area contributed by atoms with Crippen molar-refractivity contribution in [2.45, 2.75) is 18.9 Å². The molecular formula is C14H17N5O2. The Morgan fingerprint density at radius 2 is 2.38 bits per heavy atom. The fraction of sp³-hybridized carbons (Fsp3) is 0.429. The molecule has 0 radical (unpaired) electrons. The number of pyridine rings is 1. The molecule has 1 aliphatic heterocycles. The fourth-order valence-corrected chi connectivity index (χ4v) is 2.34. The van der Waals surface area contributed by atoms with Crippen molar-refractivity contribution in [2.75, 3.05) is 25.5 Å². The van der Waals surface area contributed by atoms with Crippen LogP contribution in [0.25, 0.3) is 0 Å². The summed E-state index contributed by atoms with van der Waals surface area (Å²) in [6.45, 7) is 0.465. The van der Waals surface area contributed by atoms with Crippen LogP contribution in [0.1, 0.15) is 23.2 Å². The van der Waals surface area contributed by atoms with E-state index in [9.17, 15) is 9.59 Å². The maximum Gasteiger partial charge on any atom is 0.253 e. The summed E-state index contributed by atoms with van der Waals surface area (Å²) in [7, 11) is 1.70. The topological polar surface area (TPSA) is 98.1 Å². The van der Waals surface area contributed by atoms with Gasteiger partial charge in [-0.15, -0.1) is 0 Å². The quantitative estimate of drug-likeness (QED) is 0.833. The number of hydrogen-bond acceptors (Lipinski definition) is 5. The number of rotatable bonds is 4. The highest BCUT2D eigenvalue weighted by atomic mass is 16.2. The molecule has 1 aromatic heterocycles. The van der Waals surface area contributed by atoms with Gasteiger partial charge in [0.15, 0.2) is 0 Å². The Labute approximate surface area is 123 Å². The number of likely N-dealkylation sites (tertiary alicyclic amines) is 1. The van der Waals surface area contributed by atoms with E-state index in [1.807, 2.05) is 0 Å². The molecule has 7 heteroatoms. The van der Waals surface area contributed by atoms with Crippen LogP contribution in [0.5, 0.6) is 0 Å². The van der Waals surface area contributed by atoms with Gasteiger partial charge in [0.2, 0.25) is 5.91 Å². The van der Waals surface area contributed by atoms with Crippen LogP contribution in [0, 0.1) is 11.3 Å². The first-order valence-electron chi connectivity index (χ1n) is 6.76. The van der Waals surface area contributed by atoms with E-state index in [2.05, 4.69) is 21.7 Å². The number of aromatic nitrogens is 1. The van der Waals surface area contributed by atoms with E-state index in [0.717, 1.165) is 6.42 Å². The van der Waals surface area contributed by atoms with Crippen LogP contribution < -0.4 is 10.6 Å². The summed E-state index contributed by atoms with van der Waals surface area (Å²) in [6, 6.07) is 3.32. The predicted molar refractivity (Wildman–Crippen MR) is 76.5 cm³/mol. The molecule has 0 bridgehead atoms. The number of nitrogens with zero attached hydrogens (tertiary/aromatic N) is 3. The third kappa shape index (κ3) is 3.28. The van der Waals surface area contributed by atoms with Crippen molar-refractivity contribution < 1.29 is 9.59 Å². The molecule has 0 unspecified atom stereocenters. The van der Waals surface area contributed by atoms with Crippen LogP contribution in [0.3, 0.4) is 0 Å². The number of nitrogens with one attached hydrogen (secondary N) is 2. The van der Waals surface area contributed by atoms with Crippen molar-refractivity contribution in [1.29, 1.82) is 5.26 Å². The van der Waals surface area contributed by atoms with E-state index < -0.39 is 0 Å². The van der Waals surface area contributed by atoms with Crippen molar-refractivity contribution in [3.63, 3.8) is 0 Å². The van der Waals surface area contributed by atoms with Crippen LogP contribution in [-0.4, -0.2) is 47.9 Å². The summed E-state index contributed by atoms with van der Waals surface area (Å²) in [5.74, 6) is -0.574. The van der Waals surface area contributed by atoms with Gasteiger partial charge in [-0.05, 0) is 18.9 Å². The van der Waals surface area contributed by atoms with Gasteiger partial charge in [-0.3, -0.25) is 14.6 Å². The zero-order chi connectivity index (χ0) is 15.2. The summed E-state index contributed by atoms with van der Waals surface area (Å²) in [5.41, 5.74) is 1.03. The second kappa shape index (κ2) is 6.70. The molecule has 0 aliphatic carbocycles. The summed E-state index contributed by atoms with van der Waals surface area (Å²) in [4.78, 5) is 29.6. The molecule has 0 spiro atoms. The largest absolute Gasteiger partial charge is 0.386 e. The second-order valence-corrected chi connectivity index (χ2v) is 4.73. The van der Waals surface area contributed by atoms with Crippen LogP contribution in [-0.2, 0) is 4.79 Å². The summed E-state index contributed by atoms with van der Waals surface area (Å²) in [6.07, 6.45) is 4.59. The normalized spacial score (nSPS) is 17.1. The lowest BCUT2D eigenvalue weighted by Crippen LogP contribution is -2.42. The van der Waals surface area contributed by atoms with E-state index in [1.165, 1.54) is 11.1 Å². The molecule has 0 saturated carbocycles. The van der Waals surface area contributed by atoms with Crippen molar-refractivity contribution >= 4 is 17.5 Å². The summed E-state index contributed by atoms with van der Waals surface area (Å²) >= 11 is 0. The van der Waals surface area contributed by atoms with Crippen LogP contribution in [0.4, 0.5) is 5.69 Å². The Bertz CT molecular complexity index is 581. The van der Waals surface area contributed by atoms with Gasteiger partial charge in [0.05, 0.1) is 30.1 Å². The standard InChI is InChI=1S/C14H17N5O2/c1-16-12-8-17-5-4-11(12)14(21)18-9-13(20)19-6-2-3-10(19)7-15/h4-5,8,10,16H,2-3,6,9H2,1H3,(H,18,21)/t10-/m0/s1. The lowest BCUT2D eigenvalue weighted by molar-refractivity contribution is -0.130. The maximum absolute atomic E-state index is 12.1. The molecule has 21 heavy (non-hydrogen) atoms. The lowest BCUT2D eigenvalue weighted by Gasteiger charge is -2.19. The fourth-order valence-electron chi connectivity index (χ4n) is 2.34.